The number of anilines is 1. The predicted octanol–water partition coefficient (Wildman–Crippen LogP) is 3.92. The summed E-state index contributed by atoms with van der Waals surface area (Å²) in [5, 5.41) is 10.2. The van der Waals surface area contributed by atoms with Crippen molar-refractivity contribution < 1.29 is 19.1 Å². The highest BCUT2D eigenvalue weighted by Crippen LogP contribution is 2.30. The van der Waals surface area contributed by atoms with E-state index in [9.17, 15) is 9.59 Å². The highest BCUT2D eigenvalue weighted by Gasteiger charge is 2.22. The second kappa shape index (κ2) is 6.37. The topological polar surface area (TPSA) is 93.5 Å². The van der Waals surface area contributed by atoms with Gasteiger partial charge in [-0.1, -0.05) is 11.6 Å². The van der Waals surface area contributed by atoms with Gasteiger partial charge in [0.15, 0.2) is 5.76 Å². The van der Waals surface area contributed by atoms with Gasteiger partial charge in [0.05, 0.1) is 0 Å². The summed E-state index contributed by atoms with van der Waals surface area (Å²) in [5.74, 6) is -1.12. The Morgan fingerprint density at radius 2 is 1.83 bits per heavy atom. The molecule has 0 spiro atoms. The maximum atomic E-state index is 12.8. The van der Waals surface area contributed by atoms with E-state index in [1.165, 1.54) is 0 Å². The van der Waals surface area contributed by atoms with Crippen molar-refractivity contribution in [1.82, 2.24) is 0 Å². The molecule has 0 bridgehead atoms. The van der Waals surface area contributed by atoms with Gasteiger partial charge >= 0.3 is 5.97 Å². The first-order valence-corrected chi connectivity index (χ1v) is 7.66. The average Bonchev–Trinajstić information content (AvgIpc) is 2.90. The lowest BCUT2D eigenvalue weighted by Gasteiger charge is -2.02. The van der Waals surface area contributed by atoms with Crippen LogP contribution in [0, 0.1) is 0 Å². The molecule has 122 valence electrons. The fourth-order valence-electron chi connectivity index (χ4n) is 2.56. The Balaban J connectivity index is 2.10. The minimum atomic E-state index is -0.940. The van der Waals surface area contributed by atoms with E-state index < -0.39 is 5.97 Å². The fourth-order valence-corrected chi connectivity index (χ4v) is 2.69. The van der Waals surface area contributed by atoms with Crippen LogP contribution in [0.1, 0.15) is 28.1 Å². The Bertz CT molecular complexity index is 928. The summed E-state index contributed by atoms with van der Waals surface area (Å²) in [6, 6.07) is 11.5. The van der Waals surface area contributed by atoms with Crippen molar-refractivity contribution in [1.29, 1.82) is 0 Å². The van der Waals surface area contributed by atoms with Crippen LogP contribution >= 0.6 is 11.6 Å². The van der Waals surface area contributed by atoms with Crippen LogP contribution < -0.4 is 5.73 Å². The molecular formula is C18H14ClNO4. The summed E-state index contributed by atoms with van der Waals surface area (Å²) >= 11 is 5.85. The number of furan rings is 1. The van der Waals surface area contributed by atoms with Gasteiger partial charge in [-0.05, 0) is 42.8 Å². The number of ketones is 1. The molecule has 0 amide bonds. The maximum Gasteiger partial charge on any atom is 0.303 e. The number of carboxylic acid groups (broad SMARTS) is 1. The van der Waals surface area contributed by atoms with Crippen molar-refractivity contribution >= 4 is 40.0 Å². The first-order chi connectivity index (χ1) is 11.5. The van der Waals surface area contributed by atoms with E-state index in [0.29, 0.717) is 32.8 Å². The van der Waals surface area contributed by atoms with Gasteiger partial charge in [-0.15, -0.1) is 0 Å². The number of fused-ring (bicyclic) bond motifs is 1. The number of halogens is 1. The van der Waals surface area contributed by atoms with E-state index >= 15 is 0 Å². The number of carbonyl (C=O) groups is 2. The van der Waals surface area contributed by atoms with Crippen LogP contribution in [0.2, 0.25) is 5.02 Å². The van der Waals surface area contributed by atoms with Gasteiger partial charge in [-0.3, -0.25) is 9.59 Å². The Labute approximate surface area is 142 Å². The summed E-state index contributed by atoms with van der Waals surface area (Å²) in [5.41, 5.74) is 7.72. The number of carboxylic acids is 1. The van der Waals surface area contributed by atoms with Crippen LogP contribution in [0.5, 0.6) is 0 Å². The van der Waals surface area contributed by atoms with Gasteiger partial charge in [0.25, 0.3) is 0 Å². The number of benzene rings is 2. The van der Waals surface area contributed by atoms with Crippen molar-refractivity contribution in [3.63, 3.8) is 0 Å². The van der Waals surface area contributed by atoms with Crippen molar-refractivity contribution in [2.45, 2.75) is 12.8 Å². The van der Waals surface area contributed by atoms with Crippen LogP contribution in [0.4, 0.5) is 5.69 Å². The van der Waals surface area contributed by atoms with E-state index in [2.05, 4.69) is 0 Å². The van der Waals surface area contributed by atoms with Crippen molar-refractivity contribution in [2.75, 3.05) is 5.73 Å². The molecule has 0 radical (unpaired) electrons. The normalized spacial score (nSPS) is 10.9. The molecule has 0 fully saturated rings. The summed E-state index contributed by atoms with van der Waals surface area (Å²) in [6.07, 6.45) is 0.0980. The lowest BCUT2D eigenvalue weighted by Crippen LogP contribution is -2.05. The van der Waals surface area contributed by atoms with E-state index in [-0.39, 0.29) is 24.4 Å². The summed E-state index contributed by atoms with van der Waals surface area (Å²) in [6.45, 7) is 0. The van der Waals surface area contributed by atoms with Gasteiger partial charge in [0.1, 0.15) is 5.58 Å². The SMILES string of the molecule is Nc1ccc2c(CCC(=O)O)c(C(=O)c3ccc(Cl)cc3)oc2c1. The average molecular weight is 344 g/mol. The first kappa shape index (κ1) is 16.1. The predicted molar refractivity (Wildman–Crippen MR) is 91.5 cm³/mol. The molecule has 0 aliphatic heterocycles. The minimum absolute atomic E-state index is 0.0973. The van der Waals surface area contributed by atoms with Gasteiger partial charge in [-0.25, -0.2) is 0 Å². The van der Waals surface area contributed by atoms with E-state index in [0.717, 1.165) is 0 Å². The Morgan fingerprint density at radius 1 is 1.12 bits per heavy atom. The molecule has 5 nitrogen and oxygen atoms in total. The number of nitrogens with two attached hydrogens (primary N) is 1. The van der Waals surface area contributed by atoms with Crippen molar-refractivity contribution in [3.05, 3.63) is 64.4 Å². The monoisotopic (exact) mass is 343 g/mol. The van der Waals surface area contributed by atoms with E-state index in [1.54, 1.807) is 42.5 Å². The smallest absolute Gasteiger partial charge is 0.303 e. The van der Waals surface area contributed by atoms with Crippen molar-refractivity contribution in [2.24, 2.45) is 0 Å². The number of nitrogen functional groups attached to an aromatic ring is 1. The van der Waals surface area contributed by atoms with E-state index in [4.69, 9.17) is 26.9 Å². The molecule has 0 saturated carbocycles. The Hall–Kier alpha value is -2.79. The van der Waals surface area contributed by atoms with Crippen LogP contribution in [-0.4, -0.2) is 16.9 Å². The molecule has 0 saturated heterocycles. The minimum Gasteiger partial charge on any atom is -0.481 e. The number of aliphatic carboxylic acids is 1. The van der Waals surface area contributed by atoms with Crippen LogP contribution in [0.25, 0.3) is 11.0 Å². The second-order valence-electron chi connectivity index (χ2n) is 5.40. The third kappa shape index (κ3) is 3.12. The molecule has 3 N–H and O–H groups in total. The van der Waals surface area contributed by atoms with Gasteiger partial charge < -0.3 is 15.3 Å². The lowest BCUT2D eigenvalue weighted by atomic mass is 10.0. The third-order valence-corrected chi connectivity index (χ3v) is 3.97. The third-order valence-electron chi connectivity index (χ3n) is 3.72. The maximum absolute atomic E-state index is 12.8. The number of hydrogen-bond donors (Lipinski definition) is 2. The molecule has 3 aromatic rings. The molecule has 2 aromatic carbocycles. The van der Waals surface area contributed by atoms with Crippen molar-refractivity contribution in [3.8, 4) is 0 Å². The zero-order valence-electron chi connectivity index (χ0n) is 12.6. The second-order valence-corrected chi connectivity index (χ2v) is 5.83. The van der Waals surface area contributed by atoms with Gasteiger partial charge in [-0.2, -0.15) is 0 Å². The molecule has 0 unspecified atom stereocenters. The molecule has 6 heteroatoms. The standard InChI is InChI=1S/C18H14ClNO4/c19-11-3-1-10(2-4-11)17(23)18-14(7-8-16(21)22)13-6-5-12(20)9-15(13)24-18/h1-6,9H,7-8,20H2,(H,21,22). The molecule has 24 heavy (non-hydrogen) atoms. The lowest BCUT2D eigenvalue weighted by molar-refractivity contribution is -0.136. The first-order valence-electron chi connectivity index (χ1n) is 7.28. The highest BCUT2D eigenvalue weighted by atomic mass is 35.5. The summed E-state index contributed by atoms with van der Waals surface area (Å²) in [4.78, 5) is 23.7. The zero-order valence-corrected chi connectivity index (χ0v) is 13.3. The van der Waals surface area contributed by atoms with Crippen LogP contribution in [-0.2, 0) is 11.2 Å². The van der Waals surface area contributed by atoms with Gasteiger partial charge in [0, 0.05) is 39.7 Å². The largest absolute Gasteiger partial charge is 0.481 e. The Morgan fingerprint density at radius 3 is 2.50 bits per heavy atom. The quantitative estimate of drug-likeness (QED) is 0.541. The summed E-state index contributed by atoms with van der Waals surface area (Å²) in [7, 11) is 0. The molecule has 1 aromatic heterocycles. The molecule has 0 aliphatic rings. The molecule has 0 aliphatic carbocycles. The molecule has 0 atom stereocenters. The van der Waals surface area contributed by atoms with E-state index in [1.807, 2.05) is 0 Å². The number of hydrogen-bond acceptors (Lipinski definition) is 4. The van der Waals surface area contributed by atoms with Crippen LogP contribution in [0.3, 0.4) is 0 Å². The highest BCUT2D eigenvalue weighted by molar-refractivity contribution is 6.30. The number of rotatable bonds is 5. The fraction of sp³-hybridized carbons (Fsp3) is 0.111. The molecular weight excluding hydrogens is 330 g/mol. The van der Waals surface area contributed by atoms with Crippen LogP contribution in [0.15, 0.2) is 46.9 Å². The molecule has 1 heterocycles. The zero-order chi connectivity index (χ0) is 17.3. The number of aryl methyl sites for hydroxylation is 1. The Kier molecular flexibility index (Phi) is 4.27. The summed E-state index contributed by atoms with van der Waals surface area (Å²) < 4.78 is 5.70. The number of carbonyl (C=O) groups excluding carboxylic acids is 1. The van der Waals surface area contributed by atoms with Gasteiger partial charge in [0.2, 0.25) is 5.78 Å². The molecule has 3 rings (SSSR count).